The van der Waals surface area contributed by atoms with E-state index in [2.05, 4.69) is 18.9 Å². The molecule has 0 radical (unpaired) electrons. The van der Waals surface area contributed by atoms with Crippen molar-refractivity contribution in [2.24, 2.45) is 46.6 Å². The van der Waals surface area contributed by atoms with Crippen molar-refractivity contribution in [3.05, 3.63) is 128 Å². The van der Waals surface area contributed by atoms with Crippen molar-refractivity contribution in [1.29, 1.82) is 0 Å². The lowest BCUT2D eigenvalue weighted by molar-refractivity contribution is -0.217. The minimum atomic E-state index is -4.00. The number of H-pyrrole nitrogens is 4. The lowest BCUT2D eigenvalue weighted by Crippen LogP contribution is -2.46. The van der Waals surface area contributed by atoms with Crippen LogP contribution in [0.4, 0.5) is 17.6 Å². The van der Waals surface area contributed by atoms with Gasteiger partial charge in [0.1, 0.15) is 93.1 Å². The fraction of sp³-hybridized carbons (Fsp3) is 0.643. The maximum Gasteiger partial charge on any atom is 0.330 e. The van der Waals surface area contributed by atoms with E-state index in [4.69, 9.17) is 96.5 Å². The van der Waals surface area contributed by atoms with Crippen LogP contribution >= 0.6 is 46.4 Å². The predicted octanol–water partition coefficient (Wildman–Crippen LogP) is -5.47. The molecule has 0 saturated carbocycles. The molecule has 4 aliphatic rings. The van der Waals surface area contributed by atoms with E-state index >= 15 is 8.78 Å². The molecule has 8 heterocycles. The number of hydrogen-bond donors (Lipinski definition) is 16. The van der Waals surface area contributed by atoms with Crippen LogP contribution in [0.5, 0.6) is 0 Å². The van der Waals surface area contributed by atoms with E-state index < -0.39 is 248 Å². The summed E-state index contributed by atoms with van der Waals surface area (Å²) in [6.45, 7) is 3.08. The number of aliphatic hydroxyl groups excluding tert-OH is 8. The van der Waals surface area contributed by atoms with Crippen molar-refractivity contribution in [1.82, 2.24) is 38.2 Å². The smallest absolute Gasteiger partial charge is 0.330 e. The summed E-state index contributed by atoms with van der Waals surface area (Å²) in [6.07, 6.45) is -25.9. The molecule has 0 aliphatic carbocycles. The first kappa shape index (κ1) is 77.9. The second-order valence-corrected chi connectivity index (χ2v) is 25.9. The van der Waals surface area contributed by atoms with E-state index in [1.54, 1.807) is 56.5 Å². The average Bonchev–Trinajstić information content (AvgIpc) is 1.58. The zero-order valence-electron chi connectivity index (χ0n) is 61.0. The molecule has 104 heavy (non-hydrogen) atoms. The van der Waals surface area contributed by atoms with Gasteiger partial charge in [-0.05, 0) is 23.7 Å². The van der Waals surface area contributed by atoms with Crippen LogP contribution in [0, 0.1) is 23.7 Å². The summed E-state index contributed by atoms with van der Waals surface area (Å²) in [5.74, 6) is -20.2. The van der Waals surface area contributed by atoms with Crippen molar-refractivity contribution < 1.29 is 124 Å². The number of aliphatic hydroxyl groups is 8. The fourth-order valence-electron chi connectivity index (χ4n) is 8.46. The van der Waals surface area contributed by atoms with Gasteiger partial charge >= 0.3 is 46.6 Å². The molecule has 0 unspecified atom stereocenters. The van der Waals surface area contributed by atoms with Crippen molar-refractivity contribution in [2.45, 2.75) is 177 Å². The Morgan fingerprint density at radius 1 is 0.433 bits per heavy atom. The number of esters is 4. The van der Waals surface area contributed by atoms with Crippen molar-refractivity contribution in [3.8, 4) is 0 Å². The van der Waals surface area contributed by atoms with E-state index in [-0.39, 0.29) is 16.4 Å². The van der Waals surface area contributed by atoms with E-state index in [9.17, 15) is 107 Å². The van der Waals surface area contributed by atoms with Gasteiger partial charge in [-0.1, -0.05) is 102 Å². The topological polar surface area (TPSA) is 627 Å². The standard InChI is InChI=1S/4C14H19ClFN3O7/c4*1-5(2)7(17)12(23)25-4-14(16)9(21)8(20)11(26-14)19-3-6(15)10(22)18-13(19)24/h4*3,5,7-9,11,20-21H,4,17H2,1-2H3,(H,18,22,24)/t4*7-,8+,9-,11+,14+/m0000/s1/i4D2,11D;11D;4D2;. The fourth-order valence-corrected chi connectivity index (χ4v) is 9.06. The summed E-state index contributed by atoms with van der Waals surface area (Å²) in [6, 6.07) is -4.73. The van der Waals surface area contributed by atoms with Gasteiger partial charge in [0.25, 0.3) is 45.7 Å². The molecule has 0 bridgehead atoms. The third-order valence-electron chi connectivity index (χ3n) is 15.2. The molecule has 40 nitrogen and oxygen atoms in total. The predicted molar refractivity (Wildman–Crippen MR) is 344 cm³/mol. The lowest BCUT2D eigenvalue weighted by Gasteiger charge is -2.24. The number of alkyl halides is 4. The van der Waals surface area contributed by atoms with E-state index in [0.29, 0.717) is 32.3 Å². The number of nitrogens with two attached hydrogens (primary N) is 4. The van der Waals surface area contributed by atoms with Crippen LogP contribution in [0.2, 0.25) is 20.1 Å². The van der Waals surface area contributed by atoms with Gasteiger partial charge in [-0.15, -0.1) is 0 Å². The van der Waals surface area contributed by atoms with Crippen molar-refractivity contribution >= 4 is 70.3 Å². The molecule has 0 aromatic carbocycles. The number of carbonyl (C=O) groups excluding carboxylic acids is 4. The third-order valence-corrected chi connectivity index (χ3v) is 16.2. The van der Waals surface area contributed by atoms with Gasteiger partial charge in [0.05, 0.1) is 8.22 Å². The molecule has 0 spiro atoms. The van der Waals surface area contributed by atoms with Gasteiger partial charge in [0.2, 0.25) is 0 Å². The van der Waals surface area contributed by atoms with Gasteiger partial charge in [-0.2, -0.15) is 0 Å². The molecular formula is C56H76Cl4F4N12O28. The summed E-state index contributed by atoms with van der Waals surface area (Å²) in [5.41, 5.74) is 13.5. The van der Waals surface area contributed by atoms with Crippen LogP contribution in [0.3, 0.4) is 0 Å². The molecule has 4 aromatic heterocycles. The molecule has 8 rings (SSSR count). The second-order valence-electron chi connectivity index (χ2n) is 24.3. The van der Waals surface area contributed by atoms with Gasteiger partial charge in [0, 0.05) is 24.8 Å². The first-order valence-electron chi connectivity index (χ1n) is 33.0. The number of aromatic amines is 4. The zero-order chi connectivity index (χ0) is 84.7. The Balaban J connectivity index is 0.000000263. The summed E-state index contributed by atoms with van der Waals surface area (Å²) in [7, 11) is 0. The van der Waals surface area contributed by atoms with Gasteiger partial charge < -0.3 is 102 Å². The van der Waals surface area contributed by atoms with Crippen molar-refractivity contribution in [2.75, 3.05) is 26.3 Å². The molecule has 20 atom stereocenters. The maximum atomic E-state index is 15.4. The molecule has 584 valence electrons. The summed E-state index contributed by atoms with van der Waals surface area (Å²) in [4.78, 5) is 147. The van der Waals surface area contributed by atoms with Crippen LogP contribution < -0.4 is 67.9 Å². The van der Waals surface area contributed by atoms with Crippen LogP contribution in [-0.2, 0) is 57.1 Å². The van der Waals surface area contributed by atoms with E-state index in [1.807, 2.05) is 4.98 Å². The molecular weight excluding hydrogens is 1510 g/mol. The summed E-state index contributed by atoms with van der Waals surface area (Å²) < 4.78 is 146. The average molecular weight is 1590 g/mol. The van der Waals surface area contributed by atoms with E-state index in [1.165, 1.54) is 13.8 Å². The Morgan fingerprint density at radius 3 is 0.962 bits per heavy atom. The first-order valence-corrected chi connectivity index (χ1v) is 31.5. The molecule has 0 amide bonds. The minimum absolute atomic E-state index is 0.143. The third kappa shape index (κ3) is 19.9. The SMILES string of the molecule is CC(C)[C@H](N)C(=O)OC[C@@]1(F)O[C@@H](n2cc(Cl)c(=O)[nH]c2=O)[C@H](O)[C@@H]1O.[2H]C([2H])(OC(=O)[C@@H](N)C(C)C)[C@@]1(F)O[C@@H](n2cc(Cl)c(=O)[nH]c2=O)[C@H](O)[C@@H]1O.[2H]C([2H])(OC(=O)[C@@H](N)C(C)C)[C@@]1(F)O[C@@]([2H])(n2cc(Cl)c(=O)[nH]c2=O)[C@H](O)[C@@H]1O.[2H][C@@]1(n2cc(Cl)c(=O)[nH]c2=O)O[C@](F)(COC(=O)[C@@H](N)C(C)C)[C@@H](O)[C@H]1O. The summed E-state index contributed by atoms with van der Waals surface area (Å²) in [5, 5.41) is 78.2. The Morgan fingerprint density at radius 2 is 0.654 bits per heavy atom. The van der Waals surface area contributed by atoms with Gasteiger partial charge in [0.15, 0.2) is 51.2 Å². The number of nitrogens with zero attached hydrogens (tertiary/aromatic N) is 4. The number of halogens is 8. The normalized spacial score (nSPS) is 32.3. The highest BCUT2D eigenvalue weighted by Crippen LogP contribution is 2.42. The Kier molecular flexibility index (Phi) is 26.3. The number of ether oxygens (including phenoxy) is 8. The van der Waals surface area contributed by atoms with E-state index in [0.717, 1.165) is 6.20 Å². The lowest BCUT2D eigenvalue weighted by atomic mass is 10.1. The van der Waals surface area contributed by atoms with Crippen LogP contribution in [-0.4, -0.2) is 226 Å². The van der Waals surface area contributed by atoms with Gasteiger partial charge in [-0.3, -0.25) is 76.6 Å². The highest BCUT2D eigenvalue weighted by molar-refractivity contribution is 6.31. The highest BCUT2D eigenvalue weighted by atomic mass is 35.5. The quantitative estimate of drug-likeness (QED) is 0.0223. The Hall–Kier alpha value is -7.16. The second kappa shape index (κ2) is 35.0. The Labute approximate surface area is 608 Å². The minimum Gasteiger partial charge on any atom is -0.458 e. The molecule has 20 N–H and O–H groups in total. The summed E-state index contributed by atoms with van der Waals surface area (Å²) >= 11 is 22.3. The van der Waals surface area contributed by atoms with Crippen LogP contribution in [0.1, 0.15) is 88.5 Å². The number of carbonyl (C=O) groups is 4. The molecule has 4 saturated heterocycles. The maximum absolute atomic E-state index is 15.4. The number of hydrogen-bond acceptors (Lipinski definition) is 32. The zero-order valence-corrected chi connectivity index (χ0v) is 58.0. The monoisotopic (exact) mass is 1590 g/mol. The molecule has 4 aliphatic heterocycles. The number of aromatic nitrogens is 8. The van der Waals surface area contributed by atoms with Crippen LogP contribution in [0.15, 0.2) is 63.1 Å². The Bertz CT molecular complexity index is 4570. The van der Waals surface area contributed by atoms with Gasteiger partial charge in [-0.25, -0.2) is 36.7 Å². The van der Waals surface area contributed by atoms with Crippen LogP contribution in [0.25, 0.3) is 0 Å². The largest absolute Gasteiger partial charge is 0.458 e. The number of rotatable bonds is 20. The van der Waals surface area contributed by atoms with Crippen molar-refractivity contribution in [3.63, 3.8) is 0 Å². The molecule has 48 heteroatoms. The number of nitrogens with one attached hydrogen (secondary N) is 4. The molecule has 4 fully saturated rings. The molecule has 4 aromatic rings. The highest BCUT2D eigenvalue weighted by Gasteiger charge is 2.61. The first-order chi connectivity index (χ1) is 50.1.